The Morgan fingerprint density at radius 2 is 2.04 bits per heavy atom. The maximum Gasteiger partial charge on any atom is 0.405 e. The number of nitrogens with one attached hydrogen (secondary N) is 1. The first-order chi connectivity index (χ1) is 10.6. The molecule has 1 saturated heterocycles. The van der Waals surface area contributed by atoms with E-state index in [1.165, 1.54) is 11.3 Å². The second-order valence-electron chi connectivity index (χ2n) is 7.19. The average molecular weight is 348 g/mol. The summed E-state index contributed by atoms with van der Waals surface area (Å²) in [6.07, 6.45) is -2.25. The molecule has 0 unspecified atom stereocenters. The first kappa shape index (κ1) is 18.3. The predicted molar refractivity (Wildman–Crippen MR) is 85.7 cm³/mol. The Bertz CT molecular complexity index is 548. The van der Waals surface area contributed by atoms with E-state index in [1.807, 2.05) is 11.4 Å². The summed E-state index contributed by atoms with van der Waals surface area (Å²) in [4.78, 5) is 15.6. The van der Waals surface area contributed by atoms with Gasteiger partial charge in [-0.1, -0.05) is 20.8 Å². The van der Waals surface area contributed by atoms with Gasteiger partial charge in [0.05, 0.1) is 4.88 Å². The van der Waals surface area contributed by atoms with E-state index in [0.717, 1.165) is 30.8 Å². The molecule has 1 aliphatic heterocycles. The van der Waals surface area contributed by atoms with Crippen LogP contribution in [0.25, 0.3) is 0 Å². The molecule has 130 valence electrons. The Balaban J connectivity index is 2.02. The SMILES string of the molecule is CC(C)(C)CN1CCC[C@H]1c1ccc(C(=O)NCC(F)(F)F)s1. The monoisotopic (exact) mass is 348 g/mol. The zero-order chi connectivity index (χ0) is 17.3. The van der Waals surface area contributed by atoms with Gasteiger partial charge in [0.25, 0.3) is 5.91 Å². The number of halogens is 3. The summed E-state index contributed by atoms with van der Waals surface area (Å²) in [5, 5.41) is 1.93. The molecule has 1 N–H and O–H groups in total. The second-order valence-corrected chi connectivity index (χ2v) is 8.30. The molecule has 1 aromatic rings. The lowest BCUT2D eigenvalue weighted by atomic mass is 9.95. The van der Waals surface area contributed by atoms with E-state index in [0.29, 0.717) is 4.88 Å². The van der Waals surface area contributed by atoms with Crippen molar-refractivity contribution < 1.29 is 18.0 Å². The molecule has 1 fully saturated rings. The highest BCUT2D eigenvalue weighted by Gasteiger charge is 2.31. The van der Waals surface area contributed by atoms with Crippen molar-refractivity contribution in [2.75, 3.05) is 19.6 Å². The van der Waals surface area contributed by atoms with Gasteiger partial charge in [0.2, 0.25) is 0 Å². The topological polar surface area (TPSA) is 32.3 Å². The van der Waals surface area contributed by atoms with Crippen LogP contribution in [-0.4, -0.2) is 36.6 Å². The van der Waals surface area contributed by atoms with Gasteiger partial charge in [0.1, 0.15) is 6.54 Å². The second kappa shape index (κ2) is 6.81. The van der Waals surface area contributed by atoms with Gasteiger partial charge in [-0.2, -0.15) is 13.2 Å². The normalized spacial score (nSPS) is 20.0. The number of alkyl halides is 3. The quantitative estimate of drug-likeness (QED) is 0.883. The number of hydrogen-bond acceptors (Lipinski definition) is 3. The lowest BCUT2D eigenvalue weighted by molar-refractivity contribution is -0.123. The third-order valence-corrected chi connectivity index (χ3v) is 4.85. The Morgan fingerprint density at radius 3 is 2.65 bits per heavy atom. The molecule has 2 heterocycles. The Kier molecular flexibility index (Phi) is 5.41. The van der Waals surface area contributed by atoms with Crippen LogP contribution in [0.4, 0.5) is 13.2 Å². The van der Waals surface area contributed by atoms with Crippen LogP contribution in [0.3, 0.4) is 0 Å². The number of likely N-dealkylation sites (tertiary alicyclic amines) is 1. The van der Waals surface area contributed by atoms with Crippen LogP contribution in [0, 0.1) is 5.41 Å². The molecule has 0 aromatic carbocycles. The van der Waals surface area contributed by atoms with Crippen molar-refractivity contribution in [3.63, 3.8) is 0 Å². The molecule has 0 saturated carbocycles. The van der Waals surface area contributed by atoms with Crippen molar-refractivity contribution in [1.29, 1.82) is 0 Å². The van der Waals surface area contributed by atoms with Crippen LogP contribution in [-0.2, 0) is 0 Å². The van der Waals surface area contributed by atoms with Crippen molar-refractivity contribution in [2.24, 2.45) is 5.41 Å². The largest absolute Gasteiger partial charge is 0.405 e. The summed E-state index contributed by atoms with van der Waals surface area (Å²) in [5.74, 6) is -0.654. The number of thiophene rings is 1. The van der Waals surface area contributed by atoms with Gasteiger partial charge in [-0.3, -0.25) is 9.69 Å². The lowest BCUT2D eigenvalue weighted by Gasteiger charge is -2.30. The van der Waals surface area contributed by atoms with E-state index in [4.69, 9.17) is 0 Å². The fourth-order valence-corrected chi connectivity index (χ4v) is 3.96. The number of carbonyl (C=O) groups is 1. The Labute approximate surface area is 138 Å². The van der Waals surface area contributed by atoms with E-state index in [2.05, 4.69) is 25.7 Å². The van der Waals surface area contributed by atoms with Crippen molar-refractivity contribution in [1.82, 2.24) is 10.2 Å². The zero-order valence-corrected chi connectivity index (χ0v) is 14.5. The summed E-state index contributed by atoms with van der Waals surface area (Å²) in [6.45, 7) is 7.26. The van der Waals surface area contributed by atoms with Crippen LogP contribution in [0.5, 0.6) is 0 Å². The summed E-state index contributed by atoms with van der Waals surface area (Å²) in [6, 6.07) is 3.77. The summed E-state index contributed by atoms with van der Waals surface area (Å²) < 4.78 is 36.5. The van der Waals surface area contributed by atoms with E-state index in [-0.39, 0.29) is 11.5 Å². The highest BCUT2D eigenvalue weighted by atomic mass is 32.1. The smallest absolute Gasteiger partial charge is 0.342 e. The minimum Gasteiger partial charge on any atom is -0.342 e. The van der Waals surface area contributed by atoms with Crippen LogP contribution in [0.2, 0.25) is 0 Å². The Morgan fingerprint density at radius 1 is 1.35 bits per heavy atom. The number of carbonyl (C=O) groups excluding carboxylic acids is 1. The van der Waals surface area contributed by atoms with Crippen LogP contribution < -0.4 is 5.32 Å². The van der Waals surface area contributed by atoms with E-state index < -0.39 is 18.6 Å². The molecular weight excluding hydrogens is 325 g/mol. The minimum absolute atomic E-state index is 0.187. The number of nitrogens with zero attached hydrogens (tertiary/aromatic N) is 1. The molecule has 1 amide bonds. The summed E-state index contributed by atoms with van der Waals surface area (Å²) in [7, 11) is 0. The molecule has 0 aliphatic carbocycles. The van der Waals surface area contributed by atoms with Gasteiger partial charge in [-0.25, -0.2) is 0 Å². The van der Waals surface area contributed by atoms with Gasteiger partial charge >= 0.3 is 6.18 Å². The molecule has 1 atom stereocenters. The molecule has 3 nitrogen and oxygen atoms in total. The number of amides is 1. The average Bonchev–Trinajstić information content (AvgIpc) is 3.01. The molecule has 23 heavy (non-hydrogen) atoms. The standard InChI is InChI=1S/C16H23F3N2OS/c1-15(2,3)10-21-8-4-5-11(21)12-6-7-13(23-12)14(22)20-9-16(17,18)19/h6-7,11H,4-5,8-10H2,1-3H3,(H,20,22)/t11-/m0/s1. The summed E-state index contributed by atoms with van der Waals surface area (Å²) in [5.41, 5.74) is 0.187. The first-order valence-electron chi connectivity index (χ1n) is 7.74. The maximum atomic E-state index is 12.2. The summed E-state index contributed by atoms with van der Waals surface area (Å²) >= 11 is 1.30. The molecule has 0 radical (unpaired) electrons. The van der Waals surface area contributed by atoms with Crippen LogP contribution in [0.1, 0.15) is 54.2 Å². The predicted octanol–water partition coefficient (Wildman–Crippen LogP) is 4.22. The zero-order valence-electron chi connectivity index (χ0n) is 13.7. The molecule has 1 aliphatic rings. The Hall–Kier alpha value is -1.08. The molecule has 1 aromatic heterocycles. The number of hydrogen-bond donors (Lipinski definition) is 1. The molecule has 0 spiro atoms. The highest BCUT2D eigenvalue weighted by Crippen LogP contribution is 2.37. The van der Waals surface area contributed by atoms with Gasteiger partial charge < -0.3 is 5.32 Å². The lowest BCUT2D eigenvalue weighted by Crippen LogP contribution is -2.33. The van der Waals surface area contributed by atoms with Gasteiger partial charge in [-0.15, -0.1) is 11.3 Å². The fraction of sp³-hybridized carbons (Fsp3) is 0.688. The van der Waals surface area contributed by atoms with Crippen molar-refractivity contribution in [2.45, 2.75) is 45.8 Å². The van der Waals surface area contributed by atoms with E-state index in [1.54, 1.807) is 6.07 Å². The van der Waals surface area contributed by atoms with Gasteiger partial charge in [0, 0.05) is 17.5 Å². The molecule has 7 heteroatoms. The van der Waals surface area contributed by atoms with Crippen LogP contribution in [0.15, 0.2) is 12.1 Å². The molecule has 0 bridgehead atoms. The van der Waals surface area contributed by atoms with E-state index >= 15 is 0 Å². The molecular formula is C16H23F3N2OS. The highest BCUT2D eigenvalue weighted by molar-refractivity contribution is 7.14. The molecule has 2 rings (SSSR count). The first-order valence-corrected chi connectivity index (χ1v) is 8.55. The van der Waals surface area contributed by atoms with Crippen molar-refractivity contribution in [3.05, 3.63) is 21.9 Å². The third-order valence-electron chi connectivity index (χ3n) is 3.67. The fourth-order valence-electron chi connectivity index (χ4n) is 2.87. The number of rotatable bonds is 4. The van der Waals surface area contributed by atoms with Crippen molar-refractivity contribution in [3.8, 4) is 0 Å². The van der Waals surface area contributed by atoms with Gasteiger partial charge in [-0.05, 0) is 36.9 Å². The van der Waals surface area contributed by atoms with E-state index in [9.17, 15) is 18.0 Å². The third kappa shape index (κ3) is 5.49. The van der Waals surface area contributed by atoms with Crippen molar-refractivity contribution >= 4 is 17.2 Å². The minimum atomic E-state index is -4.38. The van der Waals surface area contributed by atoms with Crippen LogP contribution >= 0.6 is 11.3 Å². The maximum absolute atomic E-state index is 12.2. The van der Waals surface area contributed by atoms with Gasteiger partial charge in [0.15, 0.2) is 0 Å².